The molecule has 2 heteroatoms. The first-order valence-electron chi connectivity index (χ1n) is 6.05. The van der Waals surface area contributed by atoms with Crippen LogP contribution in [0, 0.1) is 5.92 Å². The van der Waals surface area contributed by atoms with Crippen molar-refractivity contribution < 1.29 is 9.47 Å². The average Bonchev–Trinajstić information content (AvgIpc) is 2.16. The molecular formula is C13H22O2. The number of hydrogen-bond acceptors (Lipinski definition) is 2. The zero-order valence-electron chi connectivity index (χ0n) is 10.0. The quantitative estimate of drug-likeness (QED) is 0.618. The zero-order chi connectivity index (χ0) is 10.9. The Morgan fingerprint density at radius 1 is 1.27 bits per heavy atom. The average molecular weight is 210 g/mol. The van der Waals surface area contributed by atoms with E-state index in [9.17, 15) is 0 Å². The molecular weight excluding hydrogens is 188 g/mol. The summed E-state index contributed by atoms with van der Waals surface area (Å²) >= 11 is 0. The van der Waals surface area contributed by atoms with Gasteiger partial charge in [-0.1, -0.05) is 12.2 Å². The van der Waals surface area contributed by atoms with Crippen LogP contribution in [0.25, 0.3) is 0 Å². The van der Waals surface area contributed by atoms with Crippen LogP contribution in [0.5, 0.6) is 0 Å². The number of allylic oxidation sites excluding steroid dienone is 2. The third-order valence-electron chi connectivity index (χ3n) is 3.28. The summed E-state index contributed by atoms with van der Waals surface area (Å²) in [6.45, 7) is 6.48. The predicted molar refractivity (Wildman–Crippen MR) is 60.6 cm³/mol. The maximum absolute atomic E-state index is 6.03. The second-order valence-electron chi connectivity index (χ2n) is 5.44. The molecule has 1 aliphatic carbocycles. The molecule has 1 aliphatic heterocycles. The second-order valence-corrected chi connectivity index (χ2v) is 5.44. The van der Waals surface area contributed by atoms with Gasteiger partial charge < -0.3 is 9.47 Å². The molecule has 1 fully saturated rings. The van der Waals surface area contributed by atoms with Crippen molar-refractivity contribution in [2.75, 3.05) is 0 Å². The van der Waals surface area contributed by atoms with Gasteiger partial charge in [-0.3, -0.25) is 0 Å². The van der Waals surface area contributed by atoms with E-state index in [0.717, 1.165) is 12.8 Å². The van der Waals surface area contributed by atoms with E-state index < -0.39 is 0 Å². The van der Waals surface area contributed by atoms with Gasteiger partial charge in [0.1, 0.15) is 0 Å². The summed E-state index contributed by atoms with van der Waals surface area (Å²) in [6, 6.07) is 0. The minimum atomic E-state index is -0.0243. The van der Waals surface area contributed by atoms with E-state index in [-0.39, 0.29) is 11.9 Å². The van der Waals surface area contributed by atoms with E-state index in [1.54, 1.807) is 0 Å². The van der Waals surface area contributed by atoms with Gasteiger partial charge >= 0.3 is 0 Å². The summed E-state index contributed by atoms with van der Waals surface area (Å²) < 4.78 is 11.9. The van der Waals surface area contributed by atoms with Gasteiger partial charge in [0.25, 0.3) is 0 Å². The van der Waals surface area contributed by atoms with Crippen LogP contribution in [-0.2, 0) is 9.47 Å². The van der Waals surface area contributed by atoms with Gasteiger partial charge in [0.05, 0.1) is 11.7 Å². The Bertz CT molecular complexity index is 245. The molecule has 2 aliphatic rings. The first-order valence-corrected chi connectivity index (χ1v) is 6.05. The standard InChI is InChI=1S/C13H22O2/c1-10-9-13(2,3)15-12(14-10)11-7-5-4-6-8-11/h4-5,10-12H,6-9H2,1-3H3/t10-,11-,12-/m1/s1. The van der Waals surface area contributed by atoms with Crippen molar-refractivity contribution in [1.29, 1.82) is 0 Å². The molecule has 0 spiro atoms. The lowest BCUT2D eigenvalue weighted by Crippen LogP contribution is -2.46. The lowest BCUT2D eigenvalue weighted by atomic mass is 9.91. The van der Waals surface area contributed by atoms with Crippen LogP contribution in [0.2, 0.25) is 0 Å². The molecule has 0 unspecified atom stereocenters. The van der Waals surface area contributed by atoms with Crippen LogP contribution < -0.4 is 0 Å². The van der Waals surface area contributed by atoms with E-state index in [4.69, 9.17) is 9.47 Å². The Morgan fingerprint density at radius 3 is 2.67 bits per heavy atom. The largest absolute Gasteiger partial charge is 0.349 e. The van der Waals surface area contributed by atoms with Crippen molar-refractivity contribution in [3.8, 4) is 0 Å². The highest BCUT2D eigenvalue weighted by molar-refractivity contribution is 4.92. The summed E-state index contributed by atoms with van der Waals surface area (Å²) in [5, 5.41) is 0. The van der Waals surface area contributed by atoms with Crippen molar-refractivity contribution in [3.63, 3.8) is 0 Å². The molecule has 0 bridgehead atoms. The summed E-state index contributed by atoms with van der Waals surface area (Å²) in [5.41, 5.74) is -0.0243. The van der Waals surface area contributed by atoms with Crippen LogP contribution in [0.15, 0.2) is 12.2 Å². The van der Waals surface area contributed by atoms with Crippen molar-refractivity contribution in [3.05, 3.63) is 12.2 Å². The van der Waals surface area contributed by atoms with Crippen molar-refractivity contribution in [1.82, 2.24) is 0 Å². The van der Waals surface area contributed by atoms with E-state index in [2.05, 4.69) is 32.9 Å². The molecule has 0 saturated carbocycles. The van der Waals surface area contributed by atoms with E-state index >= 15 is 0 Å². The van der Waals surface area contributed by atoms with Crippen molar-refractivity contribution >= 4 is 0 Å². The molecule has 1 heterocycles. The lowest BCUT2D eigenvalue weighted by molar-refractivity contribution is -0.287. The normalized spacial score (nSPS) is 40.3. The third-order valence-corrected chi connectivity index (χ3v) is 3.28. The summed E-state index contributed by atoms with van der Waals surface area (Å²) in [7, 11) is 0. The molecule has 0 N–H and O–H groups in total. The van der Waals surface area contributed by atoms with E-state index in [1.807, 2.05) is 0 Å². The van der Waals surface area contributed by atoms with Gasteiger partial charge in [0.2, 0.25) is 0 Å². The van der Waals surface area contributed by atoms with Crippen LogP contribution in [0.1, 0.15) is 46.5 Å². The molecule has 86 valence electrons. The summed E-state index contributed by atoms with van der Waals surface area (Å²) in [5.74, 6) is 0.553. The minimum absolute atomic E-state index is 0.00806. The molecule has 0 aromatic rings. The van der Waals surface area contributed by atoms with Gasteiger partial charge in [-0.05, 0) is 40.0 Å². The van der Waals surface area contributed by atoms with Crippen LogP contribution >= 0.6 is 0 Å². The van der Waals surface area contributed by atoms with Crippen molar-refractivity contribution in [2.24, 2.45) is 5.92 Å². The summed E-state index contributed by atoms with van der Waals surface area (Å²) in [4.78, 5) is 0. The third kappa shape index (κ3) is 2.82. The van der Waals surface area contributed by atoms with Gasteiger partial charge in [-0.15, -0.1) is 0 Å². The Morgan fingerprint density at radius 2 is 2.07 bits per heavy atom. The summed E-state index contributed by atoms with van der Waals surface area (Å²) in [6.07, 6.45) is 9.31. The molecule has 0 aromatic carbocycles. The highest BCUT2D eigenvalue weighted by Gasteiger charge is 2.37. The van der Waals surface area contributed by atoms with Crippen LogP contribution in [-0.4, -0.2) is 18.0 Å². The Balaban J connectivity index is 1.99. The molecule has 0 radical (unpaired) electrons. The highest BCUT2D eigenvalue weighted by atomic mass is 16.7. The predicted octanol–water partition coefficient (Wildman–Crippen LogP) is 3.27. The minimum Gasteiger partial charge on any atom is -0.349 e. The second kappa shape index (κ2) is 4.26. The zero-order valence-corrected chi connectivity index (χ0v) is 10.0. The smallest absolute Gasteiger partial charge is 0.161 e. The van der Waals surface area contributed by atoms with Crippen molar-refractivity contribution in [2.45, 2.75) is 64.4 Å². The Labute approximate surface area is 92.6 Å². The number of ether oxygens (including phenoxy) is 2. The first kappa shape index (κ1) is 11.2. The maximum atomic E-state index is 6.03. The first-order chi connectivity index (χ1) is 7.07. The maximum Gasteiger partial charge on any atom is 0.161 e. The van der Waals surface area contributed by atoms with Crippen LogP contribution in [0.3, 0.4) is 0 Å². The molecule has 2 rings (SSSR count). The fourth-order valence-electron chi connectivity index (χ4n) is 2.63. The molecule has 0 amide bonds. The highest BCUT2D eigenvalue weighted by Crippen LogP contribution is 2.34. The molecule has 0 aromatic heterocycles. The Kier molecular flexibility index (Phi) is 3.17. The molecule has 2 nitrogen and oxygen atoms in total. The molecule has 15 heavy (non-hydrogen) atoms. The number of rotatable bonds is 1. The van der Waals surface area contributed by atoms with Gasteiger partial charge in [0, 0.05) is 12.3 Å². The lowest BCUT2D eigenvalue weighted by Gasteiger charge is -2.42. The number of hydrogen-bond donors (Lipinski definition) is 0. The fraction of sp³-hybridized carbons (Fsp3) is 0.846. The topological polar surface area (TPSA) is 18.5 Å². The van der Waals surface area contributed by atoms with Gasteiger partial charge in [0.15, 0.2) is 6.29 Å². The van der Waals surface area contributed by atoms with Gasteiger partial charge in [-0.2, -0.15) is 0 Å². The van der Waals surface area contributed by atoms with Crippen LogP contribution in [0.4, 0.5) is 0 Å². The SMILES string of the molecule is C[C@@H]1CC(C)(C)O[C@H]([C@@H]2CC=CCC2)O1. The fourth-order valence-corrected chi connectivity index (χ4v) is 2.63. The molecule has 1 saturated heterocycles. The van der Waals surface area contributed by atoms with E-state index in [0.29, 0.717) is 12.0 Å². The molecule has 3 atom stereocenters. The van der Waals surface area contributed by atoms with E-state index in [1.165, 1.54) is 12.8 Å². The van der Waals surface area contributed by atoms with Gasteiger partial charge in [-0.25, -0.2) is 0 Å². The monoisotopic (exact) mass is 210 g/mol. The Hall–Kier alpha value is -0.340.